The SMILES string of the molecule is O=C(NC1CCN(C2CC2)C1)c1c(F)cc(Br)cc1F. The van der Waals surface area contributed by atoms with Crippen molar-refractivity contribution in [1.29, 1.82) is 0 Å². The molecule has 1 unspecified atom stereocenters. The van der Waals surface area contributed by atoms with Crippen LogP contribution >= 0.6 is 15.9 Å². The Hall–Kier alpha value is -1.01. The van der Waals surface area contributed by atoms with Crippen LogP contribution in [0.2, 0.25) is 0 Å². The Morgan fingerprint density at radius 3 is 2.50 bits per heavy atom. The Balaban J connectivity index is 1.67. The summed E-state index contributed by atoms with van der Waals surface area (Å²) < 4.78 is 27.7. The number of halogens is 3. The van der Waals surface area contributed by atoms with Gasteiger partial charge in [-0.15, -0.1) is 0 Å². The molecular formula is C14H15BrF2N2O. The van der Waals surface area contributed by atoms with Crippen LogP contribution in [0.15, 0.2) is 16.6 Å². The zero-order valence-electron chi connectivity index (χ0n) is 10.8. The Kier molecular flexibility index (Phi) is 3.77. The van der Waals surface area contributed by atoms with Crippen molar-refractivity contribution in [2.45, 2.75) is 31.3 Å². The van der Waals surface area contributed by atoms with Crippen LogP contribution < -0.4 is 5.32 Å². The molecule has 0 bridgehead atoms. The molecule has 1 saturated heterocycles. The van der Waals surface area contributed by atoms with Crippen molar-refractivity contribution in [3.05, 3.63) is 33.8 Å². The summed E-state index contributed by atoms with van der Waals surface area (Å²) in [7, 11) is 0. The fraction of sp³-hybridized carbons (Fsp3) is 0.500. The molecule has 108 valence electrons. The number of amides is 1. The van der Waals surface area contributed by atoms with Crippen molar-refractivity contribution in [1.82, 2.24) is 10.2 Å². The summed E-state index contributed by atoms with van der Waals surface area (Å²) in [4.78, 5) is 14.4. The molecule has 1 atom stereocenters. The van der Waals surface area contributed by atoms with Gasteiger partial charge in [0, 0.05) is 29.6 Å². The number of benzene rings is 1. The highest BCUT2D eigenvalue weighted by Crippen LogP contribution is 2.30. The zero-order chi connectivity index (χ0) is 14.3. The zero-order valence-corrected chi connectivity index (χ0v) is 12.4. The van der Waals surface area contributed by atoms with E-state index in [1.807, 2.05) is 0 Å². The lowest BCUT2D eigenvalue weighted by Crippen LogP contribution is -2.38. The summed E-state index contributed by atoms with van der Waals surface area (Å²) in [5.41, 5.74) is -0.502. The van der Waals surface area contributed by atoms with E-state index in [0.29, 0.717) is 6.04 Å². The van der Waals surface area contributed by atoms with Crippen molar-refractivity contribution < 1.29 is 13.6 Å². The highest BCUT2D eigenvalue weighted by molar-refractivity contribution is 9.10. The first kappa shape index (κ1) is 13.9. The standard InChI is InChI=1S/C14H15BrF2N2O/c15-8-5-11(16)13(12(17)6-8)14(20)18-9-3-4-19(7-9)10-1-2-10/h5-6,9-10H,1-4,7H2,(H,18,20). The van der Waals surface area contributed by atoms with Crippen LogP contribution in [0.5, 0.6) is 0 Å². The number of hydrogen-bond acceptors (Lipinski definition) is 2. The second-order valence-electron chi connectivity index (χ2n) is 5.43. The van der Waals surface area contributed by atoms with E-state index >= 15 is 0 Å². The molecule has 2 aliphatic rings. The Labute approximate surface area is 124 Å². The molecule has 1 saturated carbocycles. The van der Waals surface area contributed by atoms with Gasteiger partial charge in [-0.25, -0.2) is 8.78 Å². The fourth-order valence-corrected chi connectivity index (χ4v) is 3.10. The van der Waals surface area contributed by atoms with Gasteiger partial charge in [-0.05, 0) is 31.4 Å². The third-order valence-corrected chi connectivity index (χ3v) is 4.31. The molecule has 1 N–H and O–H groups in total. The second kappa shape index (κ2) is 5.41. The van der Waals surface area contributed by atoms with Crippen molar-refractivity contribution in [2.75, 3.05) is 13.1 Å². The van der Waals surface area contributed by atoms with Crippen LogP contribution in [0.3, 0.4) is 0 Å². The maximum absolute atomic E-state index is 13.7. The van der Waals surface area contributed by atoms with Crippen LogP contribution in [0, 0.1) is 11.6 Å². The molecule has 3 nitrogen and oxygen atoms in total. The molecule has 6 heteroatoms. The van der Waals surface area contributed by atoms with Crippen molar-refractivity contribution in [2.24, 2.45) is 0 Å². The van der Waals surface area contributed by atoms with E-state index in [1.54, 1.807) is 0 Å². The topological polar surface area (TPSA) is 32.3 Å². The first-order valence-electron chi connectivity index (χ1n) is 6.74. The van der Waals surface area contributed by atoms with Crippen molar-refractivity contribution >= 4 is 21.8 Å². The van der Waals surface area contributed by atoms with Crippen LogP contribution in [-0.2, 0) is 0 Å². The number of nitrogens with one attached hydrogen (secondary N) is 1. The van der Waals surface area contributed by atoms with Gasteiger partial charge in [-0.2, -0.15) is 0 Å². The first-order chi connectivity index (χ1) is 9.54. The van der Waals surface area contributed by atoms with E-state index in [-0.39, 0.29) is 10.5 Å². The lowest BCUT2D eigenvalue weighted by Gasteiger charge is -2.16. The van der Waals surface area contributed by atoms with Gasteiger partial charge in [0.25, 0.3) is 5.91 Å². The summed E-state index contributed by atoms with van der Waals surface area (Å²) in [6.07, 6.45) is 3.27. The molecule has 0 spiro atoms. The summed E-state index contributed by atoms with van der Waals surface area (Å²) in [5, 5.41) is 2.73. The van der Waals surface area contributed by atoms with Crippen LogP contribution in [0.25, 0.3) is 0 Å². The van der Waals surface area contributed by atoms with Crippen molar-refractivity contribution in [3.63, 3.8) is 0 Å². The predicted octanol–water partition coefficient (Wildman–Crippen LogP) is 2.69. The average molecular weight is 345 g/mol. The van der Waals surface area contributed by atoms with Crippen molar-refractivity contribution in [3.8, 4) is 0 Å². The van der Waals surface area contributed by atoms with Gasteiger partial charge in [-0.1, -0.05) is 15.9 Å². The van der Waals surface area contributed by atoms with E-state index in [1.165, 1.54) is 12.8 Å². The summed E-state index contributed by atoms with van der Waals surface area (Å²) >= 11 is 3.00. The first-order valence-corrected chi connectivity index (χ1v) is 7.53. The summed E-state index contributed by atoms with van der Waals surface area (Å²) in [6, 6.07) is 2.83. The number of likely N-dealkylation sites (tertiary alicyclic amines) is 1. The normalized spacial score (nSPS) is 23.1. The molecule has 20 heavy (non-hydrogen) atoms. The molecule has 0 radical (unpaired) electrons. The van der Waals surface area contributed by atoms with Gasteiger partial charge >= 0.3 is 0 Å². The average Bonchev–Trinajstić information content (AvgIpc) is 3.09. The van der Waals surface area contributed by atoms with Gasteiger partial charge < -0.3 is 5.32 Å². The molecule has 1 aliphatic carbocycles. The predicted molar refractivity (Wildman–Crippen MR) is 74.5 cm³/mol. The molecular weight excluding hydrogens is 330 g/mol. The smallest absolute Gasteiger partial charge is 0.257 e. The molecule has 1 aliphatic heterocycles. The van der Waals surface area contributed by atoms with Gasteiger partial charge in [0.15, 0.2) is 0 Å². The van der Waals surface area contributed by atoms with Crippen LogP contribution in [0.4, 0.5) is 8.78 Å². The summed E-state index contributed by atoms with van der Waals surface area (Å²) in [6.45, 7) is 1.72. The molecule has 1 heterocycles. The lowest BCUT2D eigenvalue weighted by molar-refractivity contribution is 0.0929. The molecule has 3 rings (SSSR count). The highest BCUT2D eigenvalue weighted by atomic mass is 79.9. The molecule has 1 amide bonds. The maximum atomic E-state index is 13.7. The minimum atomic E-state index is -0.841. The Morgan fingerprint density at radius 2 is 1.90 bits per heavy atom. The van der Waals surface area contributed by atoms with E-state index in [0.717, 1.165) is 31.6 Å². The van der Waals surface area contributed by atoms with Gasteiger partial charge in [0.2, 0.25) is 0 Å². The second-order valence-corrected chi connectivity index (χ2v) is 6.35. The van der Waals surface area contributed by atoms with E-state index < -0.39 is 23.1 Å². The van der Waals surface area contributed by atoms with E-state index in [9.17, 15) is 13.6 Å². The number of hydrogen-bond donors (Lipinski definition) is 1. The molecule has 1 aromatic rings. The number of carbonyl (C=O) groups is 1. The van der Waals surface area contributed by atoms with Gasteiger partial charge in [0.1, 0.15) is 17.2 Å². The van der Waals surface area contributed by atoms with E-state index in [2.05, 4.69) is 26.1 Å². The molecule has 1 aromatic carbocycles. The molecule has 0 aromatic heterocycles. The molecule has 2 fully saturated rings. The summed E-state index contributed by atoms with van der Waals surface area (Å²) in [5.74, 6) is -2.35. The Morgan fingerprint density at radius 1 is 1.25 bits per heavy atom. The number of carbonyl (C=O) groups excluding carboxylic acids is 1. The monoisotopic (exact) mass is 344 g/mol. The fourth-order valence-electron chi connectivity index (χ4n) is 2.69. The largest absolute Gasteiger partial charge is 0.348 e. The van der Waals surface area contributed by atoms with Crippen LogP contribution in [0.1, 0.15) is 29.6 Å². The minimum absolute atomic E-state index is 0.0226. The number of nitrogens with zero attached hydrogens (tertiary/aromatic N) is 1. The van der Waals surface area contributed by atoms with Gasteiger partial charge in [0.05, 0.1) is 0 Å². The third kappa shape index (κ3) is 2.86. The number of rotatable bonds is 3. The highest BCUT2D eigenvalue weighted by Gasteiger charge is 2.35. The maximum Gasteiger partial charge on any atom is 0.257 e. The third-order valence-electron chi connectivity index (χ3n) is 3.85. The van der Waals surface area contributed by atoms with Gasteiger partial charge in [-0.3, -0.25) is 9.69 Å². The van der Waals surface area contributed by atoms with E-state index in [4.69, 9.17) is 0 Å². The Bertz CT molecular complexity index is 525. The lowest BCUT2D eigenvalue weighted by atomic mass is 10.1. The quantitative estimate of drug-likeness (QED) is 0.914. The van der Waals surface area contributed by atoms with Crippen LogP contribution in [-0.4, -0.2) is 36.0 Å². The minimum Gasteiger partial charge on any atom is -0.348 e.